The van der Waals surface area contributed by atoms with Gasteiger partial charge in [0.15, 0.2) is 0 Å². The van der Waals surface area contributed by atoms with Crippen LogP contribution in [0.2, 0.25) is 5.02 Å². The van der Waals surface area contributed by atoms with E-state index in [9.17, 15) is 10.1 Å². The minimum Gasteiger partial charge on any atom is -0.258 e. The molecule has 0 aliphatic carbocycles. The van der Waals surface area contributed by atoms with E-state index in [4.69, 9.17) is 11.6 Å². The van der Waals surface area contributed by atoms with Gasteiger partial charge in [-0.05, 0) is 44.4 Å². The van der Waals surface area contributed by atoms with Crippen LogP contribution in [0, 0.1) is 30.9 Å². The van der Waals surface area contributed by atoms with Crippen LogP contribution in [-0.2, 0) is 0 Å². The van der Waals surface area contributed by atoms with E-state index in [0.29, 0.717) is 5.92 Å². The number of hydrogen-bond donors (Lipinski definition) is 0. The number of nitro benzene ring substituents is 1. The van der Waals surface area contributed by atoms with E-state index >= 15 is 0 Å². The Labute approximate surface area is 200 Å². The summed E-state index contributed by atoms with van der Waals surface area (Å²) in [4.78, 5) is 10.0. The van der Waals surface area contributed by atoms with Gasteiger partial charge in [-0.3, -0.25) is 10.1 Å². The fourth-order valence-electron chi connectivity index (χ4n) is 2.17. The lowest BCUT2D eigenvalue weighted by Gasteiger charge is -2.03. The average molecular weight is 458 g/mol. The van der Waals surface area contributed by atoms with Gasteiger partial charge in [-0.1, -0.05) is 118 Å². The number of nitro groups is 1. The van der Waals surface area contributed by atoms with Crippen LogP contribution in [0.25, 0.3) is 0 Å². The summed E-state index contributed by atoms with van der Waals surface area (Å²) in [5.74, 6) is 0.338. The second-order valence-corrected chi connectivity index (χ2v) is 7.39. The topological polar surface area (TPSA) is 43.1 Å². The Balaban J connectivity index is 0. The van der Waals surface area contributed by atoms with Crippen molar-refractivity contribution in [2.45, 2.75) is 68.2 Å². The average Bonchev–Trinajstić information content (AvgIpc) is 2.81. The molecular formula is C28H40ClNO2. The summed E-state index contributed by atoms with van der Waals surface area (Å²) in [6, 6.07) is 23.0. The van der Waals surface area contributed by atoms with Gasteiger partial charge in [0, 0.05) is 17.2 Å². The number of rotatable bonds is 2. The van der Waals surface area contributed by atoms with Gasteiger partial charge in [0.2, 0.25) is 0 Å². The fourth-order valence-corrected chi connectivity index (χ4v) is 2.29. The number of hydrogen-bond acceptors (Lipinski definition) is 2. The first kappa shape index (κ1) is 31.5. The number of nitrogens with zero attached hydrogens (tertiary/aromatic N) is 1. The Morgan fingerprint density at radius 2 is 1.09 bits per heavy atom. The van der Waals surface area contributed by atoms with Crippen LogP contribution in [0.5, 0.6) is 0 Å². The smallest absolute Gasteiger partial charge is 0.258 e. The fraction of sp³-hybridized carbons (Fsp3) is 0.357. The Hall–Kier alpha value is -2.65. The zero-order valence-electron chi connectivity index (χ0n) is 21.1. The second kappa shape index (κ2) is 19.1. The van der Waals surface area contributed by atoms with Gasteiger partial charge >= 0.3 is 0 Å². The van der Waals surface area contributed by atoms with E-state index in [-0.39, 0.29) is 10.6 Å². The summed E-state index contributed by atoms with van der Waals surface area (Å²) in [6.45, 7) is 18.3. The van der Waals surface area contributed by atoms with Crippen molar-refractivity contribution in [3.05, 3.63) is 110 Å². The largest absolute Gasteiger partial charge is 0.269 e. The molecule has 4 heteroatoms. The zero-order chi connectivity index (χ0) is 25.1. The first-order valence-corrected chi connectivity index (χ1v) is 11.6. The maximum Gasteiger partial charge on any atom is 0.269 e. The first-order chi connectivity index (χ1) is 15.2. The molecule has 32 heavy (non-hydrogen) atoms. The first-order valence-electron chi connectivity index (χ1n) is 11.2. The maximum absolute atomic E-state index is 10.4. The van der Waals surface area contributed by atoms with Crippen molar-refractivity contribution in [1.29, 1.82) is 0 Å². The van der Waals surface area contributed by atoms with E-state index in [2.05, 4.69) is 38.1 Å². The third kappa shape index (κ3) is 15.2. The molecule has 0 unspecified atom stereocenters. The quantitative estimate of drug-likeness (QED) is 0.284. The summed E-state index contributed by atoms with van der Waals surface area (Å²) in [5.41, 5.74) is 5.08. The molecule has 3 aromatic carbocycles. The Morgan fingerprint density at radius 3 is 1.41 bits per heavy atom. The van der Waals surface area contributed by atoms with Crippen LogP contribution >= 0.6 is 11.6 Å². The molecule has 0 saturated carbocycles. The summed E-state index contributed by atoms with van der Waals surface area (Å²) in [7, 11) is 0. The molecule has 176 valence electrons. The van der Waals surface area contributed by atoms with Gasteiger partial charge in [-0.15, -0.1) is 0 Å². The van der Waals surface area contributed by atoms with Gasteiger partial charge in [-0.25, -0.2) is 0 Å². The van der Waals surface area contributed by atoms with Gasteiger partial charge in [-0.2, -0.15) is 0 Å². The Bertz CT molecular complexity index is 772. The molecule has 0 aliphatic heterocycles. The van der Waals surface area contributed by atoms with E-state index in [1.807, 2.05) is 78.8 Å². The lowest BCUT2D eigenvalue weighted by atomic mass is 10.0. The van der Waals surface area contributed by atoms with E-state index in [1.165, 1.54) is 22.8 Å². The van der Waals surface area contributed by atoms with Crippen LogP contribution in [-0.4, -0.2) is 4.92 Å². The molecule has 0 radical (unpaired) electrons. The lowest BCUT2D eigenvalue weighted by molar-refractivity contribution is -0.384. The van der Waals surface area contributed by atoms with Crippen molar-refractivity contribution in [2.24, 2.45) is 0 Å². The van der Waals surface area contributed by atoms with Gasteiger partial charge in [0.1, 0.15) is 0 Å². The molecule has 0 atom stereocenters. The molecule has 0 aliphatic rings. The maximum atomic E-state index is 10.4. The third-order valence-electron chi connectivity index (χ3n) is 3.98. The van der Waals surface area contributed by atoms with E-state index in [0.717, 1.165) is 10.6 Å². The molecule has 0 fully saturated rings. The zero-order valence-corrected chi connectivity index (χ0v) is 21.9. The minimum atomic E-state index is -0.369. The molecule has 0 aromatic heterocycles. The Kier molecular flexibility index (Phi) is 18.8. The highest BCUT2D eigenvalue weighted by Crippen LogP contribution is 2.19. The highest BCUT2D eigenvalue weighted by molar-refractivity contribution is 6.30. The predicted molar refractivity (Wildman–Crippen MR) is 142 cm³/mol. The molecule has 0 amide bonds. The molecule has 0 bridgehead atoms. The molecule has 3 rings (SSSR count). The monoisotopic (exact) mass is 457 g/mol. The van der Waals surface area contributed by atoms with Gasteiger partial charge < -0.3 is 0 Å². The third-order valence-corrected chi connectivity index (χ3v) is 4.23. The standard InChI is InChI=1S/C9H11NO2.C8H10.C7H7Cl.2C2H6/c1-7(2)8-4-3-5-9(6-8)10(11)12;1-7-3-5-8(2)6-4-7;1-6-2-4-7(8)5-3-6;2*1-2/h3-7H,1-2H3;3-6H,1-2H3;2-5H,1H3;2*1-2H3. The molecule has 0 heterocycles. The van der Waals surface area contributed by atoms with E-state index < -0.39 is 0 Å². The van der Waals surface area contributed by atoms with Crippen molar-refractivity contribution in [3.63, 3.8) is 0 Å². The molecule has 3 aromatic rings. The summed E-state index contributed by atoms with van der Waals surface area (Å²) < 4.78 is 0. The van der Waals surface area contributed by atoms with Crippen LogP contribution in [0.4, 0.5) is 5.69 Å². The second-order valence-electron chi connectivity index (χ2n) is 6.96. The summed E-state index contributed by atoms with van der Waals surface area (Å²) >= 11 is 5.61. The van der Waals surface area contributed by atoms with E-state index in [1.54, 1.807) is 12.1 Å². The van der Waals surface area contributed by atoms with Gasteiger partial charge in [0.25, 0.3) is 5.69 Å². The van der Waals surface area contributed by atoms with Gasteiger partial charge in [0.05, 0.1) is 4.92 Å². The summed E-state index contributed by atoms with van der Waals surface area (Å²) in [5, 5.41) is 11.2. The minimum absolute atomic E-state index is 0.168. The SMILES string of the molecule is CC.CC.CC(C)c1cccc([N+](=O)[O-])c1.Cc1ccc(C)cc1.Cc1ccc(Cl)cc1. The highest BCUT2D eigenvalue weighted by atomic mass is 35.5. The molecular weight excluding hydrogens is 418 g/mol. The molecule has 0 spiro atoms. The van der Waals surface area contributed by atoms with Crippen molar-refractivity contribution >= 4 is 17.3 Å². The number of halogens is 1. The van der Waals surface area contributed by atoms with Crippen molar-refractivity contribution < 1.29 is 4.92 Å². The van der Waals surface area contributed by atoms with Crippen molar-refractivity contribution in [1.82, 2.24) is 0 Å². The highest BCUT2D eigenvalue weighted by Gasteiger charge is 2.06. The van der Waals surface area contributed by atoms with Crippen molar-refractivity contribution in [2.75, 3.05) is 0 Å². The molecule has 0 N–H and O–H groups in total. The van der Waals surface area contributed by atoms with Crippen LogP contribution in [0.15, 0.2) is 72.8 Å². The number of benzene rings is 3. The number of aryl methyl sites for hydroxylation is 3. The van der Waals surface area contributed by atoms with Crippen LogP contribution in [0.3, 0.4) is 0 Å². The van der Waals surface area contributed by atoms with Crippen molar-refractivity contribution in [3.8, 4) is 0 Å². The normalized spacial score (nSPS) is 8.84. The van der Waals surface area contributed by atoms with Crippen LogP contribution in [0.1, 0.15) is 69.7 Å². The lowest BCUT2D eigenvalue weighted by Crippen LogP contribution is -1.91. The molecule has 3 nitrogen and oxygen atoms in total. The molecule has 0 saturated heterocycles. The van der Waals surface area contributed by atoms with Crippen LogP contribution < -0.4 is 0 Å². The number of non-ortho nitro benzene ring substituents is 1. The Morgan fingerprint density at radius 1 is 0.719 bits per heavy atom. The summed E-state index contributed by atoms with van der Waals surface area (Å²) in [6.07, 6.45) is 0. The predicted octanol–water partition coefficient (Wildman–Crippen LogP) is 9.72.